The Labute approximate surface area is 441 Å². The standard InChI is InChI=1S/C72H72N2/c1-71(2)67-44-59(55-15-9-5-10-16-55)29-37-65(67)66-38-36-64(45-68(66)71)74(62-32-27-56(28-33-62)54-13-7-3-4-8-14-54)70-43-50-20-24-57-23-19-49(21-25-58(70)26-22-50)42-69(57)73(61-17-11-6-12-18-61)63-34-30-60(31-35-63)72-46-51-39-52(47-72)41-53(40-51)48-72/h5-6,9-12,15-19,22-23,26-38,42-45,51-54H,3-4,7-8,13-14,20-21,24-25,39-41,46-48H2,1-2H3. The minimum atomic E-state index is -0.157. The van der Waals surface area contributed by atoms with Crippen LogP contribution in [-0.2, 0) is 36.5 Å². The Morgan fingerprint density at radius 3 is 1.50 bits per heavy atom. The molecule has 2 heteroatoms. The third-order valence-electron chi connectivity index (χ3n) is 19.4. The fourth-order valence-electron chi connectivity index (χ4n) is 16.0. The zero-order valence-corrected chi connectivity index (χ0v) is 43.8. The Hall–Kier alpha value is -6.64. The third-order valence-corrected chi connectivity index (χ3v) is 19.4. The molecule has 0 heterocycles. The lowest BCUT2D eigenvalue weighted by molar-refractivity contribution is -0.00518. The lowest BCUT2D eigenvalue weighted by Gasteiger charge is -2.57. The van der Waals surface area contributed by atoms with Crippen molar-refractivity contribution >= 4 is 34.1 Å². The molecular formula is C72H72N2. The van der Waals surface area contributed by atoms with E-state index in [-0.39, 0.29) is 5.41 Å². The number of rotatable bonds is 9. The Morgan fingerprint density at radius 2 is 0.905 bits per heavy atom. The molecule has 0 aromatic heterocycles. The fraction of sp³-hybridized carbons (Fsp3) is 0.333. The minimum Gasteiger partial charge on any atom is -0.310 e. The van der Waals surface area contributed by atoms with Crippen LogP contribution in [0.5, 0.6) is 0 Å². The van der Waals surface area contributed by atoms with Gasteiger partial charge in [-0.2, -0.15) is 0 Å². The first-order valence-electron chi connectivity index (χ1n) is 28.8. The molecule has 0 aliphatic heterocycles. The number of fused-ring (bicyclic) bond motifs is 3. The molecule has 0 saturated heterocycles. The average Bonchev–Trinajstić information content (AvgIpc) is 3.57. The lowest BCUT2D eigenvalue weighted by atomic mass is 9.48. The fourth-order valence-corrected chi connectivity index (χ4v) is 16.0. The molecule has 5 fully saturated rings. The summed E-state index contributed by atoms with van der Waals surface area (Å²) in [7, 11) is 0. The maximum absolute atomic E-state index is 2.62. The van der Waals surface area contributed by atoms with Crippen molar-refractivity contribution in [2.75, 3.05) is 9.80 Å². The van der Waals surface area contributed by atoms with Gasteiger partial charge in [-0.1, -0.05) is 155 Å². The molecular weight excluding hydrogens is 893 g/mol. The number of aryl methyl sites for hydroxylation is 4. The van der Waals surface area contributed by atoms with Gasteiger partial charge in [-0.05, 0) is 240 Å². The van der Waals surface area contributed by atoms with Gasteiger partial charge in [0, 0.05) is 39.5 Å². The smallest absolute Gasteiger partial charge is 0.0496 e. The summed E-state index contributed by atoms with van der Waals surface area (Å²) in [4.78, 5) is 5.19. The summed E-state index contributed by atoms with van der Waals surface area (Å²) < 4.78 is 0. The third kappa shape index (κ3) is 8.23. The van der Waals surface area contributed by atoms with E-state index < -0.39 is 0 Å². The van der Waals surface area contributed by atoms with Gasteiger partial charge in [0.2, 0.25) is 0 Å². The summed E-state index contributed by atoms with van der Waals surface area (Å²) in [6.07, 6.45) is 20.5. The Bertz CT molecular complexity index is 3300. The molecule has 10 aliphatic carbocycles. The predicted molar refractivity (Wildman–Crippen MR) is 310 cm³/mol. The summed E-state index contributed by atoms with van der Waals surface area (Å²) in [5, 5.41) is 0. The largest absolute Gasteiger partial charge is 0.310 e. The first-order chi connectivity index (χ1) is 36.3. The maximum Gasteiger partial charge on any atom is 0.0496 e. The van der Waals surface area contributed by atoms with E-state index in [2.05, 4.69) is 206 Å². The van der Waals surface area contributed by atoms with Crippen molar-refractivity contribution in [1.82, 2.24) is 0 Å². The van der Waals surface area contributed by atoms with E-state index in [0.29, 0.717) is 11.3 Å². The van der Waals surface area contributed by atoms with Crippen molar-refractivity contribution in [2.24, 2.45) is 17.8 Å². The molecule has 5 saturated carbocycles. The molecule has 0 N–H and O–H groups in total. The van der Waals surface area contributed by atoms with Gasteiger partial charge in [0.05, 0.1) is 0 Å². The quantitative estimate of drug-likeness (QED) is 0.133. The molecule has 74 heavy (non-hydrogen) atoms. The molecule has 2 nitrogen and oxygen atoms in total. The van der Waals surface area contributed by atoms with Crippen LogP contribution < -0.4 is 9.80 Å². The van der Waals surface area contributed by atoms with Crippen LogP contribution >= 0.6 is 0 Å². The van der Waals surface area contributed by atoms with Crippen LogP contribution in [0, 0.1) is 17.8 Å². The van der Waals surface area contributed by atoms with E-state index in [1.165, 1.54) is 172 Å². The van der Waals surface area contributed by atoms with Gasteiger partial charge in [0.1, 0.15) is 0 Å². The van der Waals surface area contributed by atoms with Crippen molar-refractivity contribution < 1.29 is 0 Å². The second-order valence-corrected chi connectivity index (χ2v) is 24.4. The SMILES string of the molecule is CC1(C)c2cc(-c3ccccc3)ccc2-c2ccc(N(c3ccc(C4CCCCCC4)cc3)c3cc4ccc3CCc3ccc(c(N(c5ccccc5)c5ccc(C67CC8CC(CC(C8)C6)C7)cc5)c3)CC4)cc21. The highest BCUT2D eigenvalue weighted by Gasteiger charge is 2.51. The molecule has 8 aromatic carbocycles. The van der Waals surface area contributed by atoms with Gasteiger partial charge in [-0.25, -0.2) is 0 Å². The van der Waals surface area contributed by atoms with Crippen molar-refractivity contribution in [3.8, 4) is 22.3 Å². The molecule has 0 amide bonds. The number of nitrogens with zero attached hydrogens (tertiary/aromatic N) is 2. The number of benzene rings is 8. The number of hydrogen-bond donors (Lipinski definition) is 0. The number of anilines is 6. The molecule has 0 radical (unpaired) electrons. The summed E-state index contributed by atoms with van der Waals surface area (Å²) >= 11 is 0. The molecule has 0 unspecified atom stereocenters. The van der Waals surface area contributed by atoms with Crippen LogP contribution in [0.4, 0.5) is 34.1 Å². The van der Waals surface area contributed by atoms with Gasteiger partial charge >= 0.3 is 0 Å². The Balaban J connectivity index is 0.826. The predicted octanol–water partition coefficient (Wildman–Crippen LogP) is 19.4. The summed E-state index contributed by atoms with van der Waals surface area (Å²) in [6.45, 7) is 4.87. The van der Waals surface area contributed by atoms with Crippen LogP contribution in [0.25, 0.3) is 22.3 Å². The monoisotopic (exact) mass is 965 g/mol. The molecule has 8 aromatic rings. The van der Waals surface area contributed by atoms with Gasteiger partial charge < -0.3 is 9.80 Å². The molecule has 18 rings (SSSR count). The van der Waals surface area contributed by atoms with E-state index in [0.717, 1.165) is 43.4 Å². The van der Waals surface area contributed by atoms with Gasteiger partial charge in [0.15, 0.2) is 0 Å². The van der Waals surface area contributed by atoms with Gasteiger partial charge in [-0.15, -0.1) is 0 Å². The van der Waals surface area contributed by atoms with Gasteiger partial charge in [-0.3, -0.25) is 0 Å². The van der Waals surface area contributed by atoms with Gasteiger partial charge in [0.25, 0.3) is 0 Å². The van der Waals surface area contributed by atoms with Crippen LogP contribution in [0.1, 0.15) is 141 Å². The second-order valence-electron chi connectivity index (χ2n) is 24.4. The van der Waals surface area contributed by atoms with Crippen LogP contribution in [0.3, 0.4) is 0 Å². The van der Waals surface area contributed by atoms with E-state index in [1.807, 2.05) is 0 Å². The molecule has 370 valence electrons. The number of para-hydroxylation sites is 1. The van der Waals surface area contributed by atoms with E-state index in [1.54, 1.807) is 5.56 Å². The molecule has 0 spiro atoms. The minimum absolute atomic E-state index is 0.157. The number of hydrogen-bond acceptors (Lipinski definition) is 2. The Morgan fingerprint density at radius 1 is 0.405 bits per heavy atom. The molecule has 8 bridgehead atoms. The first kappa shape index (κ1) is 45.9. The summed E-state index contributed by atoms with van der Waals surface area (Å²) in [5.74, 6) is 3.48. The highest BCUT2D eigenvalue weighted by molar-refractivity contribution is 5.88. The van der Waals surface area contributed by atoms with Crippen LogP contribution in [0.2, 0.25) is 0 Å². The van der Waals surface area contributed by atoms with Crippen LogP contribution in [-0.4, -0.2) is 0 Å². The highest BCUT2D eigenvalue weighted by atomic mass is 15.2. The normalized spacial score (nSPS) is 22.4. The zero-order valence-electron chi connectivity index (χ0n) is 43.8. The van der Waals surface area contributed by atoms with E-state index >= 15 is 0 Å². The zero-order chi connectivity index (χ0) is 49.4. The second kappa shape index (κ2) is 18.6. The topological polar surface area (TPSA) is 6.48 Å². The molecule has 10 aliphatic rings. The van der Waals surface area contributed by atoms with E-state index in [9.17, 15) is 0 Å². The van der Waals surface area contributed by atoms with Crippen molar-refractivity contribution in [1.29, 1.82) is 0 Å². The molecule has 0 atom stereocenters. The summed E-state index contributed by atoms with van der Waals surface area (Å²) in [6, 6.07) is 71.2. The van der Waals surface area contributed by atoms with E-state index in [4.69, 9.17) is 0 Å². The Kier molecular flexibility index (Phi) is 11.6. The highest BCUT2D eigenvalue weighted by Crippen LogP contribution is 2.61. The van der Waals surface area contributed by atoms with Crippen molar-refractivity contribution in [3.05, 3.63) is 226 Å². The summed E-state index contributed by atoms with van der Waals surface area (Å²) in [5.41, 5.74) is 24.6. The lowest BCUT2D eigenvalue weighted by Crippen LogP contribution is -2.48. The first-order valence-corrected chi connectivity index (χ1v) is 28.8. The van der Waals surface area contributed by atoms with Crippen molar-refractivity contribution in [2.45, 2.75) is 133 Å². The van der Waals surface area contributed by atoms with Crippen LogP contribution in [0.15, 0.2) is 182 Å². The average molecular weight is 965 g/mol. The van der Waals surface area contributed by atoms with Crippen molar-refractivity contribution in [3.63, 3.8) is 0 Å². The maximum atomic E-state index is 2.62.